The van der Waals surface area contributed by atoms with Crippen LogP contribution in [-0.2, 0) is 0 Å². The van der Waals surface area contributed by atoms with Crippen molar-refractivity contribution in [1.82, 2.24) is 9.55 Å². The monoisotopic (exact) mass is 217 g/mol. The molecule has 1 aromatic heterocycles. The van der Waals surface area contributed by atoms with Gasteiger partial charge in [0.1, 0.15) is 11.3 Å². The maximum absolute atomic E-state index is 9.72. The molecule has 3 N–H and O–H groups in total. The van der Waals surface area contributed by atoms with E-state index in [1.165, 1.54) is 12.8 Å². The number of nitrogens with zero attached hydrogens (tertiary/aromatic N) is 2. The molecule has 0 aliphatic heterocycles. The fourth-order valence-corrected chi connectivity index (χ4v) is 2.67. The van der Waals surface area contributed by atoms with Crippen LogP contribution in [0.1, 0.15) is 31.7 Å². The van der Waals surface area contributed by atoms with Gasteiger partial charge in [-0.1, -0.05) is 18.9 Å². The second kappa shape index (κ2) is 3.40. The van der Waals surface area contributed by atoms with E-state index in [0.717, 1.165) is 18.4 Å². The van der Waals surface area contributed by atoms with Crippen molar-refractivity contribution < 1.29 is 5.11 Å². The molecule has 1 fully saturated rings. The van der Waals surface area contributed by atoms with Crippen LogP contribution in [0.3, 0.4) is 0 Å². The van der Waals surface area contributed by atoms with E-state index in [-0.39, 0.29) is 5.75 Å². The normalized spacial score (nSPS) is 17.2. The Morgan fingerprint density at radius 2 is 2.06 bits per heavy atom. The molecule has 0 radical (unpaired) electrons. The van der Waals surface area contributed by atoms with Gasteiger partial charge in [-0.25, -0.2) is 4.98 Å². The number of nitrogens with two attached hydrogens (primary N) is 1. The lowest BCUT2D eigenvalue weighted by Gasteiger charge is -2.13. The lowest BCUT2D eigenvalue weighted by Crippen LogP contribution is -2.08. The molecule has 2 aromatic rings. The van der Waals surface area contributed by atoms with Crippen LogP contribution in [0.25, 0.3) is 11.0 Å². The molecule has 0 atom stereocenters. The Labute approximate surface area is 93.7 Å². The van der Waals surface area contributed by atoms with Gasteiger partial charge in [0, 0.05) is 6.04 Å². The Hall–Kier alpha value is -1.71. The summed E-state index contributed by atoms with van der Waals surface area (Å²) in [5.74, 6) is 0.726. The summed E-state index contributed by atoms with van der Waals surface area (Å²) in [5.41, 5.74) is 7.51. The number of imidazole rings is 1. The topological polar surface area (TPSA) is 64.1 Å². The van der Waals surface area contributed by atoms with E-state index in [0.29, 0.717) is 17.5 Å². The SMILES string of the molecule is Nc1nc2c(O)cccc2n1C1CCCC1. The van der Waals surface area contributed by atoms with Crippen LogP contribution in [0.2, 0.25) is 0 Å². The first-order valence-corrected chi connectivity index (χ1v) is 5.73. The number of phenols is 1. The molecular weight excluding hydrogens is 202 g/mol. The summed E-state index contributed by atoms with van der Waals surface area (Å²) in [4.78, 5) is 4.25. The predicted molar refractivity (Wildman–Crippen MR) is 63.3 cm³/mol. The maximum Gasteiger partial charge on any atom is 0.201 e. The molecule has 0 unspecified atom stereocenters. The molecule has 16 heavy (non-hydrogen) atoms. The molecule has 0 saturated heterocycles. The van der Waals surface area contributed by atoms with E-state index < -0.39 is 0 Å². The second-order valence-electron chi connectivity index (χ2n) is 4.42. The number of hydrogen-bond donors (Lipinski definition) is 2. The third kappa shape index (κ3) is 1.26. The number of nitrogen functional groups attached to an aromatic ring is 1. The smallest absolute Gasteiger partial charge is 0.201 e. The minimum atomic E-state index is 0.209. The first-order valence-electron chi connectivity index (χ1n) is 5.73. The molecule has 0 amide bonds. The van der Waals surface area contributed by atoms with Crippen molar-refractivity contribution in [3.8, 4) is 5.75 Å². The van der Waals surface area contributed by atoms with Gasteiger partial charge in [-0.05, 0) is 25.0 Å². The molecule has 1 aromatic carbocycles. The summed E-state index contributed by atoms with van der Waals surface area (Å²) in [6.07, 6.45) is 4.82. The molecule has 4 heteroatoms. The van der Waals surface area contributed by atoms with Crippen LogP contribution in [0.5, 0.6) is 5.75 Å². The minimum absolute atomic E-state index is 0.209. The first kappa shape index (κ1) is 9.51. The van der Waals surface area contributed by atoms with Crippen molar-refractivity contribution >= 4 is 17.0 Å². The van der Waals surface area contributed by atoms with E-state index in [4.69, 9.17) is 5.73 Å². The molecular formula is C12H15N3O. The molecule has 4 nitrogen and oxygen atoms in total. The third-order valence-corrected chi connectivity index (χ3v) is 3.42. The van der Waals surface area contributed by atoms with Crippen molar-refractivity contribution in [2.75, 3.05) is 5.73 Å². The van der Waals surface area contributed by atoms with Gasteiger partial charge in [-0.15, -0.1) is 0 Å². The number of para-hydroxylation sites is 1. The summed E-state index contributed by atoms with van der Waals surface area (Å²) in [6, 6.07) is 5.90. The number of aromatic nitrogens is 2. The average molecular weight is 217 g/mol. The van der Waals surface area contributed by atoms with Crippen LogP contribution in [-0.4, -0.2) is 14.7 Å². The number of anilines is 1. The molecule has 1 aliphatic carbocycles. The van der Waals surface area contributed by atoms with Crippen molar-refractivity contribution in [1.29, 1.82) is 0 Å². The first-order chi connectivity index (χ1) is 7.77. The lowest BCUT2D eigenvalue weighted by atomic mass is 10.2. The molecule has 1 aliphatic rings. The Morgan fingerprint density at radius 1 is 1.31 bits per heavy atom. The van der Waals surface area contributed by atoms with Crippen molar-refractivity contribution in [2.45, 2.75) is 31.7 Å². The molecule has 3 rings (SSSR count). The quantitative estimate of drug-likeness (QED) is 0.771. The molecule has 1 heterocycles. The number of rotatable bonds is 1. The van der Waals surface area contributed by atoms with Crippen LogP contribution in [0.15, 0.2) is 18.2 Å². The highest BCUT2D eigenvalue weighted by Gasteiger charge is 2.22. The van der Waals surface area contributed by atoms with Gasteiger partial charge in [-0.2, -0.15) is 0 Å². The minimum Gasteiger partial charge on any atom is -0.506 e. The van der Waals surface area contributed by atoms with Crippen molar-refractivity contribution in [2.24, 2.45) is 0 Å². The largest absolute Gasteiger partial charge is 0.506 e. The lowest BCUT2D eigenvalue weighted by molar-refractivity contribution is 0.480. The fourth-order valence-electron chi connectivity index (χ4n) is 2.67. The zero-order valence-corrected chi connectivity index (χ0v) is 9.06. The molecule has 84 valence electrons. The molecule has 0 bridgehead atoms. The number of aromatic hydroxyl groups is 1. The van der Waals surface area contributed by atoms with E-state index in [9.17, 15) is 5.11 Å². The standard InChI is InChI=1S/C12H15N3O/c13-12-14-11-9(6-3-7-10(11)16)15(12)8-4-1-2-5-8/h3,6-8,16H,1-2,4-5H2,(H2,13,14). The van der Waals surface area contributed by atoms with Gasteiger partial charge in [0.15, 0.2) is 0 Å². The van der Waals surface area contributed by atoms with Crippen LogP contribution < -0.4 is 5.73 Å². The van der Waals surface area contributed by atoms with Crippen molar-refractivity contribution in [3.63, 3.8) is 0 Å². The molecule has 1 saturated carbocycles. The maximum atomic E-state index is 9.72. The summed E-state index contributed by atoms with van der Waals surface area (Å²) in [7, 11) is 0. The summed E-state index contributed by atoms with van der Waals surface area (Å²) in [5, 5.41) is 9.72. The van der Waals surface area contributed by atoms with E-state index >= 15 is 0 Å². The Kier molecular flexibility index (Phi) is 2.02. The summed E-state index contributed by atoms with van der Waals surface area (Å²) >= 11 is 0. The Balaban J connectivity index is 2.22. The van der Waals surface area contributed by atoms with Gasteiger partial charge in [0.25, 0.3) is 0 Å². The zero-order chi connectivity index (χ0) is 11.1. The zero-order valence-electron chi connectivity index (χ0n) is 9.06. The number of benzene rings is 1. The van der Waals surface area contributed by atoms with Crippen LogP contribution >= 0.6 is 0 Å². The van der Waals surface area contributed by atoms with Crippen molar-refractivity contribution in [3.05, 3.63) is 18.2 Å². The van der Waals surface area contributed by atoms with Gasteiger partial charge in [-0.3, -0.25) is 0 Å². The predicted octanol–water partition coefficient (Wildman–Crippen LogP) is 2.44. The summed E-state index contributed by atoms with van der Waals surface area (Å²) < 4.78 is 2.07. The van der Waals surface area contributed by atoms with Gasteiger partial charge >= 0.3 is 0 Å². The highest BCUT2D eigenvalue weighted by molar-refractivity contribution is 5.84. The van der Waals surface area contributed by atoms with Crippen LogP contribution in [0.4, 0.5) is 5.95 Å². The third-order valence-electron chi connectivity index (χ3n) is 3.42. The van der Waals surface area contributed by atoms with Gasteiger partial charge in [0.05, 0.1) is 5.52 Å². The van der Waals surface area contributed by atoms with Gasteiger partial charge < -0.3 is 15.4 Å². The number of hydrogen-bond acceptors (Lipinski definition) is 3. The Bertz CT molecular complexity index is 526. The summed E-state index contributed by atoms with van der Waals surface area (Å²) in [6.45, 7) is 0. The van der Waals surface area contributed by atoms with E-state index in [1.54, 1.807) is 6.07 Å². The van der Waals surface area contributed by atoms with Crippen LogP contribution in [0, 0.1) is 0 Å². The van der Waals surface area contributed by atoms with E-state index in [2.05, 4.69) is 9.55 Å². The second-order valence-corrected chi connectivity index (χ2v) is 4.42. The average Bonchev–Trinajstić information content (AvgIpc) is 2.85. The highest BCUT2D eigenvalue weighted by atomic mass is 16.3. The Morgan fingerprint density at radius 3 is 2.81 bits per heavy atom. The van der Waals surface area contributed by atoms with Gasteiger partial charge in [0.2, 0.25) is 5.95 Å². The fraction of sp³-hybridized carbons (Fsp3) is 0.417. The highest BCUT2D eigenvalue weighted by Crippen LogP contribution is 2.36. The number of phenolic OH excluding ortho intramolecular Hbond substituents is 1. The van der Waals surface area contributed by atoms with E-state index in [1.807, 2.05) is 12.1 Å². The molecule has 0 spiro atoms. The number of fused-ring (bicyclic) bond motifs is 1.